The number of hydrogen-bond acceptors (Lipinski definition) is 4. The molecule has 0 aromatic rings. The van der Waals surface area contributed by atoms with Crippen molar-refractivity contribution >= 4 is 12.0 Å². The van der Waals surface area contributed by atoms with Crippen molar-refractivity contribution in [3.63, 3.8) is 0 Å². The Morgan fingerprint density at radius 1 is 1.32 bits per heavy atom. The van der Waals surface area contributed by atoms with Gasteiger partial charge in [-0.25, -0.2) is 4.79 Å². The van der Waals surface area contributed by atoms with E-state index in [9.17, 15) is 9.59 Å². The molecule has 6 nitrogen and oxygen atoms in total. The third-order valence-corrected chi connectivity index (χ3v) is 3.44. The summed E-state index contributed by atoms with van der Waals surface area (Å²) in [6, 6.07) is 0. The molecule has 0 unspecified atom stereocenters. The van der Waals surface area contributed by atoms with Crippen molar-refractivity contribution in [2.75, 3.05) is 26.2 Å². The number of rotatable bonds is 0. The van der Waals surface area contributed by atoms with Crippen LogP contribution in [0, 0.1) is 0 Å². The lowest BCUT2D eigenvalue weighted by atomic mass is 9.86. The van der Waals surface area contributed by atoms with E-state index < -0.39 is 11.7 Å². The van der Waals surface area contributed by atoms with E-state index in [1.54, 1.807) is 0 Å². The van der Waals surface area contributed by atoms with Crippen LogP contribution in [-0.4, -0.2) is 54.2 Å². The minimum absolute atomic E-state index is 0.0874. The molecule has 0 radical (unpaired) electrons. The van der Waals surface area contributed by atoms with Crippen LogP contribution in [0.4, 0.5) is 4.79 Å². The van der Waals surface area contributed by atoms with Gasteiger partial charge in [-0.15, -0.1) is 0 Å². The third-order valence-electron chi connectivity index (χ3n) is 3.44. The van der Waals surface area contributed by atoms with Crippen molar-refractivity contribution < 1.29 is 14.3 Å². The summed E-state index contributed by atoms with van der Waals surface area (Å²) in [6.07, 6.45) is 1.29. The second-order valence-electron chi connectivity index (χ2n) is 6.41. The van der Waals surface area contributed by atoms with Crippen LogP contribution in [-0.2, 0) is 9.53 Å². The first kappa shape index (κ1) is 14.1. The molecule has 2 fully saturated rings. The van der Waals surface area contributed by atoms with E-state index in [1.807, 2.05) is 20.8 Å². The molecule has 0 saturated carbocycles. The summed E-state index contributed by atoms with van der Waals surface area (Å²) in [4.78, 5) is 25.5. The van der Waals surface area contributed by atoms with E-state index in [0.29, 0.717) is 6.54 Å². The maximum Gasteiger partial charge on any atom is 0.410 e. The first-order valence-electron chi connectivity index (χ1n) is 6.79. The van der Waals surface area contributed by atoms with Crippen molar-refractivity contribution in [1.82, 2.24) is 15.5 Å². The molecule has 0 aliphatic carbocycles. The Hall–Kier alpha value is -1.30. The summed E-state index contributed by atoms with van der Waals surface area (Å²) < 4.78 is 5.35. The average Bonchev–Trinajstić information content (AvgIpc) is 2.26. The minimum Gasteiger partial charge on any atom is -0.444 e. The first-order valence-corrected chi connectivity index (χ1v) is 6.79. The summed E-state index contributed by atoms with van der Waals surface area (Å²) >= 11 is 0. The Balaban J connectivity index is 2.05. The zero-order valence-corrected chi connectivity index (χ0v) is 11.9. The van der Waals surface area contributed by atoms with Crippen LogP contribution in [0.5, 0.6) is 0 Å². The van der Waals surface area contributed by atoms with Crippen molar-refractivity contribution in [2.45, 2.75) is 44.8 Å². The molecule has 1 spiro atoms. The highest BCUT2D eigenvalue weighted by Crippen LogP contribution is 2.24. The smallest absolute Gasteiger partial charge is 0.410 e. The van der Waals surface area contributed by atoms with Gasteiger partial charge in [0.1, 0.15) is 12.1 Å². The van der Waals surface area contributed by atoms with Gasteiger partial charge in [0, 0.05) is 6.54 Å². The standard InChI is InChI=1S/C13H23N3O3/c1-12(2,3)19-11(18)16-8-10(17)15-13(9-16)4-6-14-7-5-13/h14H,4-9H2,1-3H3,(H,15,17). The second-order valence-corrected chi connectivity index (χ2v) is 6.41. The maximum atomic E-state index is 12.1. The lowest BCUT2D eigenvalue weighted by molar-refractivity contribution is -0.128. The van der Waals surface area contributed by atoms with Gasteiger partial charge in [-0.3, -0.25) is 9.69 Å². The number of piperidine rings is 1. The fourth-order valence-corrected chi connectivity index (χ4v) is 2.61. The predicted octanol–water partition coefficient (Wildman–Crippen LogP) is 0.476. The Labute approximate surface area is 113 Å². The molecule has 2 rings (SSSR count). The average molecular weight is 269 g/mol. The van der Waals surface area contributed by atoms with Crippen molar-refractivity contribution in [1.29, 1.82) is 0 Å². The number of carbonyl (C=O) groups excluding carboxylic acids is 2. The van der Waals surface area contributed by atoms with Crippen LogP contribution >= 0.6 is 0 Å². The zero-order valence-electron chi connectivity index (χ0n) is 11.9. The molecule has 2 aliphatic rings. The molecule has 2 saturated heterocycles. The largest absolute Gasteiger partial charge is 0.444 e. The van der Waals surface area contributed by atoms with Crippen molar-refractivity contribution in [2.24, 2.45) is 0 Å². The zero-order chi connectivity index (χ0) is 14.1. The fraction of sp³-hybridized carbons (Fsp3) is 0.846. The molecule has 6 heteroatoms. The molecule has 0 aromatic heterocycles. The van der Waals surface area contributed by atoms with Gasteiger partial charge in [-0.2, -0.15) is 0 Å². The summed E-state index contributed by atoms with van der Waals surface area (Å²) in [5.74, 6) is -0.0981. The number of nitrogens with one attached hydrogen (secondary N) is 2. The van der Waals surface area contributed by atoms with Crippen LogP contribution in [0.3, 0.4) is 0 Å². The van der Waals surface area contributed by atoms with Crippen LogP contribution in [0.1, 0.15) is 33.6 Å². The van der Waals surface area contributed by atoms with Crippen LogP contribution in [0.2, 0.25) is 0 Å². The Morgan fingerprint density at radius 3 is 2.53 bits per heavy atom. The van der Waals surface area contributed by atoms with Gasteiger partial charge < -0.3 is 15.4 Å². The van der Waals surface area contributed by atoms with E-state index in [1.165, 1.54) is 4.90 Å². The molecule has 0 atom stereocenters. The molecule has 19 heavy (non-hydrogen) atoms. The van der Waals surface area contributed by atoms with Crippen molar-refractivity contribution in [3.05, 3.63) is 0 Å². The molecule has 2 N–H and O–H groups in total. The molecule has 108 valence electrons. The number of amides is 2. The van der Waals surface area contributed by atoms with E-state index in [0.717, 1.165) is 25.9 Å². The highest BCUT2D eigenvalue weighted by Gasteiger charge is 2.41. The van der Waals surface area contributed by atoms with Gasteiger partial charge in [0.25, 0.3) is 0 Å². The van der Waals surface area contributed by atoms with E-state index in [4.69, 9.17) is 4.74 Å². The topological polar surface area (TPSA) is 70.7 Å². The Bertz CT molecular complexity index is 370. The third kappa shape index (κ3) is 3.59. The molecule has 0 aromatic carbocycles. The van der Waals surface area contributed by atoms with Gasteiger partial charge in [0.15, 0.2) is 0 Å². The lowest BCUT2D eigenvalue weighted by Gasteiger charge is -2.45. The summed E-state index contributed by atoms with van der Waals surface area (Å²) in [5, 5.41) is 6.32. The van der Waals surface area contributed by atoms with E-state index in [-0.39, 0.29) is 18.0 Å². The van der Waals surface area contributed by atoms with Gasteiger partial charge >= 0.3 is 6.09 Å². The van der Waals surface area contributed by atoms with Gasteiger partial charge in [0.2, 0.25) is 5.91 Å². The molecular formula is C13H23N3O3. The molecule has 2 heterocycles. The number of ether oxygens (including phenoxy) is 1. The fourth-order valence-electron chi connectivity index (χ4n) is 2.61. The lowest BCUT2D eigenvalue weighted by Crippen LogP contribution is -2.67. The van der Waals surface area contributed by atoms with Crippen LogP contribution < -0.4 is 10.6 Å². The van der Waals surface area contributed by atoms with Crippen molar-refractivity contribution in [3.8, 4) is 0 Å². The number of nitrogens with zero attached hydrogens (tertiary/aromatic N) is 1. The monoisotopic (exact) mass is 269 g/mol. The minimum atomic E-state index is -0.535. The predicted molar refractivity (Wildman–Crippen MR) is 70.8 cm³/mol. The second kappa shape index (κ2) is 5.00. The molecular weight excluding hydrogens is 246 g/mol. The van der Waals surface area contributed by atoms with Crippen LogP contribution in [0.25, 0.3) is 0 Å². The SMILES string of the molecule is CC(C)(C)OC(=O)N1CC(=O)NC2(CCNCC2)C1. The highest BCUT2D eigenvalue weighted by atomic mass is 16.6. The van der Waals surface area contributed by atoms with Gasteiger partial charge in [-0.1, -0.05) is 0 Å². The maximum absolute atomic E-state index is 12.1. The first-order chi connectivity index (χ1) is 8.80. The molecule has 0 bridgehead atoms. The number of piperazine rings is 1. The molecule has 2 amide bonds. The van der Waals surface area contributed by atoms with E-state index >= 15 is 0 Å². The van der Waals surface area contributed by atoms with Gasteiger partial charge in [-0.05, 0) is 46.7 Å². The summed E-state index contributed by atoms with van der Waals surface area (Å²) in [5.41, 5.74) is -0.816. The summed E-state index contributed by atoms with van der Waals surface area (Å²) in [6.45, 7) is 7.84. The number of carbonyl (C=O) groups is 2. The quantitative estimate of drug-likeness (QED) is 0.671. The Morgan fingerprint density at radius 2 is 1.95 bits per heavy atom. The summed E-state index contributed by atoms with van der Waals surface area (Å²) in [7, 11) is 0. The molecule has 2 aliphatic heterocycles. The Kier molecular flexibility index (Phi) is 3.71. The van der Waals surface area contributed by atoms with Gasteiger partial charge in [0.05, 0.1) is 5.54 Å². The van der Waals surface area contributed by atoms with E-state index in [2.05, 4.69) is 10.6 Å². The number of hydrogen-bond donors (Lipinski definition) is 2. The normalized spacial score (nSPS) is 23.1. The van der Waals surface area contributed by atoms with Crippen LogP contribution in [0.15, 0.2) is 0 Å². The highest BCUT2D eigenvalue weighted by molar-refractivity contribution is 5.84.